The van der Waals surface area contributed by atoms with Crippen LogP contribution in [0.2, 0.25) is 5.02 Å². The molecule has 4 heteroatoms. The lowest BCUT2D eigenvalue weighted by Gasteiger charge is -2.12. The van der Waals surface area contributed by atoms with Gasteiger partial charge in [-0.05, 0) is 36.1 Å². The Kier molecular flexibility index (Phi) is 2.96. The van der Waals surface area contributed by atoms with E-state index < -0.39 is 0 Å². The van der Waals surface area contributed by atoms with Crippen molar-refractivity contribution in [1.29, 1.82) is 0 Å². The minimum absolute atomic E-state index is 0.244. The standard InChI is InChI=1S/C13H14ClFN2/c1-6(2)8-4-9-7(3)11(15)5-10(14)12(9)17-13(8)16/h4-6H,1-3H3,(H2,16,17). The molecule has 1 heterocycles. The third kappa shape index (κ3) is 1.95. The van der Waals surface area contributed by atoms with Crippen molar-refractivity contribution >= 4 is 28.3 Å². The van der Waals surface area contributed by atoms with E-state index in [2.05, 4.69) is 4.98 Å². The lowest BCUT2D eigenvalue weighted by molar-refractivity contribution is 0.621. The number of aryl methyl sites for hydroxylation is 1. The summed E-state index contributed by atoms with van der Waals surface area (Å²) < 4.78 is 13.6. The molecule has 2 aromatic rings. The zero-order valence-electron chi connectivity index (χ0n) is 10.0. The molecule has 1 aromatic carbocycles. The molecule has 0 aliphatic rings. The van der Waals surface area contributed by atoms with Gasteiger partial charge in [-0.2, -0.15) is 0 Å². The monoisotopic (exact) mass is 252 g/mol. The van der Waals surface area contributed by atoms with E-state index in [0.29, 0.717) is 21.9 Å². The van der Waals surface area contributed by atoms with Gasteiger partial charge in [0, 0.05) is 5.39 Å². The molecule has 0 spiro atoms. The largest absolute Gasteiger partial charge is 0.383 e. The molecule has 0 saturated heterocycles. The second-order valence-electron chi connectivity index (χ2n) is 4.48. The highest BCUT2D eigenvalue weighted by Gasteiger charge is 2.13. The van der Waals surface area contributed by atoms with Gasteiger partial charge in [-0.25, -0.2) is 9.37 Å². The Bertz CT molecular complexity index is 594. The number of rotatable bonds is 1. The fourth-order valence-electron chi connectivity index (χ4n) is 1.89. The van der Waals surface area contributed by atoms with Gasteiger partial charge in [-0.15, -0.1) is 0 Å². The molecule has 0 aliphatic carbocycles. The molecule has 0 fully saturated rings. The van der Waals surface area contributed by atoms with Gasteiger partial charge in [0.2, 0.25) is 0 Å². The summed E-state index contributed by atoms with van der Waals surface area (Å²) in [6.07, 6.45) is 0. The first-order valence-corrected chi connectivity index (χ1v) is 5.84. The third-order valence-corrected chi connectivity index (χ3v) is 3.24. The van der Waals surface area contributed by atoms with Crippen LogP contribution >= 0.6 is 11.6 Å². The van der Waals surface area contributed by atoms with Crippen LogP contribution in [0.25, 0.3) is 10.9 Å². The normalized spacial score (nSPS) is 11.4. The number of hydrogen-bond acceptors (Lipinski definition) is 2. The molecule has 0 atom stereocenters. The van der Waals surface area contributed by atoms with Gasteiger partial charge in [0.1, 0.15) is 11.6 Å². The summed E-state index contributed by atoms with van der Waals surface area (Å²) >= 11 is 5.98. The van der Waals surface area contributed by atoms with Crippen LogP contribution in [0.1, 0.15) is 30.9 Å². The third-order valence-electron chi connectivity index (χ3n) is 2.95. The molecule has 0 amide bonds. The van der Waals surface area contributed by atoms with E-state index in [1.807, 2.05) is 19.9 Å². The fraction of sp³-hybridized carbons (Fsp3) is 0.308. The topological polar surface area (TPSA) is 38.9 Å². The predicted octanol–water partition coefficient (Wildman–Crippen LogP) is 4.04. The van der Waals surface area contributed by atoms with Crippen molar-refractivity contribution < 1.29 is 4.39 Å². The molecule has 90 valence electrons. The van der Waals surface area contributed by atoms with Gasteiger partial charge in [0.05, 0.1) is 10.5 Å². The van der Waals surface area contributed by atoms with E-state index in [1.54, 1.807) is 6.92 Å². The Morgan fingerprint density at radius 3 is 2.59 bits per heavy atom. The summed E-state index contributed by atoms with van der Waals surface area (Å²) in [6, 6.07) is 3.16. The molecule has 17 heavy (non-hydrogen) atoms. The Labute approximate surface area is 105 Å². The molecule has 0 aliphatic heterocycles. The van der Waals surface area contributed by atoms with Crippen LogP contribution in [0.5, 0.6) is 0 Å². The molecular weight excluding hydrogens is 239 g/mol. The van der Waals surface area contributed by atoms with E-state index >= 15 is 0 Å². The summed E-state index contributed by atoms with van der Waals surface area (Å²) in [4.78, 5) is 4.28. The Morgan fingerprint density at radius 1 is 1.35 bits per heavy atom. The summed E-state index contributed by atoms with van der Waals surface area (Å²) in [5.74, 6) is 0.387. The summed E-state index contributed by atoms with van der Waals surface area (Å²) in [6.45, 7) is 5.76. The van der Waals surface area contributed by atoms with Gasteiger partial charge in [0.15, 0.2) is 0 Å². The first-order valence-electron chi connectivity index (χ1n) is 5.46. The smallest absolute Gasteiger partial charge is 0.128 e. The molecule has 0 bridgehead atoms. The summed E-state index contributed by atoms with van der Waals surface area (Å²) in [5.41, 5.74) is 7.92. The van der Waals surface area contributed by atoms with Gasteiger partial charge >= 0.3 is 0 Å². The maximum absolute atomic E-state index is 13.6. The average molecular weight is 253 g/mol. The van der Waals surface area contributed by atoms with Gasteiger partial charge in [-0.1, -0.05) is 25.4 Å². The number of pyridine rings is 1. The van der Waals surface area contributed by atoms with Crippen LogP contribution in [0.3, 0.4) is 0 Å². The quantitative estimate of drug-likeness (QED) is 0.832. The number of halogens is 2. The molecule has 2 N–H and O–H groups in total. The number of benzene rings is 1. The van der Waals surface area contributed by atoms with E-state index in [-0.39, 0.29) is 11.7 Å². The first-order chi connectivity index (χ1) is 7.91. The molecular formula is C13H14ClFN2. The highest BCUT2D eigenvalue weighted by atomic mass is 35.5. The number of nitrogens with zero attached hydrogens (tertiary/aromatic N) is 1. The minimum atomic E-state index is -0.316. The molecule has 1 aromatic heterocycles. The van der Waals surface area contributed by atoms with Gasteiger partial charge < -0.3 is 5.73 Å². The number of anilines is 1. The van der Waals surface area contributed by atoms with Crippen LogP contribution in [-0.2, 0) is 0 Å². The average Bonchev–Trinajstić information content (AvgIpc) is 2.25. The van der Waals surface area contributed by atoms with Crippen molar-refractivity contribution in [2.24, 2.45) is 0 Å². The predicted molar refractivity (Wildman–Crippen MR) is 69.9 cm³/mol. The van der Waals surface area contributed by atoms with Crippen LogP contribution in [0.4, 0.5) is 10.2 Å². The molecule has 0 radical (unpaired) electrons. The number of hydrogen-bond donors (Lipinski definition) is 1. The molecule has 0 unspecified atom stereocenters. The van der Waals surface area contributed by atoms with Crippen molar-refractivity contribution in [3.8, 4) is 0 Å². The van der Waals surface area contributed by atoms with Crippen LogP contribution in [0.15, 0.2) is 12.1 Å². The van der Waals surface area contributed by atoms with E-state index in [1.165, 1.54) is 6.07 Å². The highest BCUT2D eigenvalue weighted by molar-refractivity contribution is 6.35. The zero-order valence-corrected chi connectivity index (χ0v) is 10.8. The lowest BCUT2D eigenvalue weighted by atomic mass is 10.00. The SMILES string of the molecule is Cc1c(F)cc(Cl)c2nc(N)c(C(C)C)cc12. The molecule has 2 rings (SSSR count). The first kappa shape index (κ1) is 12.1. The fourth-order valence-corrected chi connectivity index (χ4v) is 2.13. The summed E-state index contributed by atoms with van der Waals surface area (Å²) in [7, 11) is 0. The zero-order chi connectivity index (χ0) is 12.7. The molecule has 2 nitrogen and oxygen atoms in total. The molecule has 0 saturated carbocycles. The second kappa shape index (κ2) is 4.15. The van der Waals surface area contributed by atoms with Gasteiger partial charge in [-0.3, -0.25) is 0 Å². The number of nitrogens with two attached hydrogens (primary N) is 1. The highest BCUT2D eigenvalue weighted by Crippen LogP contribution is 2.31. The number of aromatic nitrogens is 1. The minimum Gasteiger partial charge on any atom is -0.383 e. The number of nitrogen functional groups attached to an aromatic ring is 1. The van der Waals surface area contributed by atoms with Crippen molar-refractivity contribution in [2.75, 3.05) is 5.73 Å². The van der Waals surface area contributed by atoms with Gasteiger partial charge in [0.25, 0.3) is 0 Å². The Hall–Kier alpha value is -1.35. The second-order valence-corrected chi connectivity index (χ2v) is 4.89. The van der Waals surface area contributed by atoms with E-state index in [4.69, 9.17) is 17.3 Å². The maximum Gasteiger partial charge on any atom is 0.128 e. The Morgan fingerprint density at radius 2 is 2.00 bits per heavy atom. The summed E-state index contributed by atoms with van der Waals surface area (Å²) in [5, 5.41) is 1.03. The van der Waals surface area contributed by atoms with Crippen molar-refractivity contribution in [3.05, 3.63) is 34.1 Å². The van der Waals surface area contributed by atoms with Crippen molar-refractivity contribution in [3.63, 3.8) is 0 Å². The van der Waals surface area contributed by atoms with Crippen LogP contribution < -0.4 is 5.73 Å². The van der Waals surface area contributed by atoms with Crippen molar-refractivity contribution in [2.45, 2.75) is 26.7 Å². The number of fused-ring (bicyclic) bond motifs is 1. The van der Waals surface area contributed by atoms with E-state index in [0.717, 1.165) is 10.9 Å². The maximum atomic E-state index is 13.6. The lowest BCUT2D eigenvalue weighted by Crippen LogP contribution is -2.01. The van der Waals surface area contributed by atoms with Crippen LogP contribution in [0, 0.1) is 12.7 Å². The van der Waals surface area contributed by atoms with Crippen molar-refractivity contribution in [1.82, 2.24) is 4.98 Å². The van der Waals surface area contributed by atoms with E-state index in [9.17, 15) is 4.39 Å². The van der Waals surface area contributed by atoms with Crippen LogP contribution in [-0.4, -0.2) is 4.98 Å². The Balaban J connectivity index is 2.88.